The summed E-state index contributed by atoms with van der Waals surface area (Å²) in [5.41, 5.74) is 10.1. The summed E-state index contributed by atoms with van der Waals surface area (Å²) < 4.78 is 0. The van der Waals surface area contributed by atoms with Crippen molar-refractivity contribution in [1.82, 2.24) is 0 Å². The molecule has 0 spiro atoms. The Morgan fingerprint density at radius 2 is 1.94 bits per heavy atom. The molecule has 0 fully saturated rings. The Hall–Kier alpha value is -0.220. The van der Waals surface area contributed by atoms with Crippen LogP contribution in [-0.2, 0) is 4.79 Å². The van der Waals surface area contributed by atoms with E-state index in [2.05, 4.69) is 13.8 Å². The molecule has 96 valence electrons. The fourth-order valence-corrected chi connectivity index (χ4v) is 2.49. The van der Waals surface area contributed by atoms with Crippen molar-refractivity contribution < 1.29 is 4.79 Å². The van der Waals surface area contributed by atoms with Gasteiger partial charge >= 0.3 is 0 Å². The van der Waals surface area contributed by atoms with Gasteiger partial charge in [0.2, 0.25) is 5.91 Å². The minimum atomic E-state index is -0.831. The molecule has 0 aliphatic rings. The van der Waals surface area contributed by atoms with Crippen molar-refractivity contribution in [2.75, 3.05) is 11.5 Å². The third-order valence-corrected chi connectivity index (χ3v) is 3.74. The second-order valence-corrected chi connectivity index (χ2v) is 6.26. The van der Waals surface area contributed by atoms with Gasteiger partial charge in [-0.15, -0.1) is 0 Å². The van der Waals surface area contributed by atoms with Crippen LogP contribution >= 0.6 is 11.8 Å². The number of unbranched alkanes of at least 4 members (excludes halogenated alkanes) is 1. The Labute approximate surface area is 104 Å². The van der Waals surface area contributed by atoms with Gasteiger partial charge in [0.05, 0.1) is 5.54 Å². The van der Waals surface area contributed by atoms with Gasteiger partial charge in [-0.2, -0.15) is 11.8 Å². The van der Waals surface area contributed by atoms with E-state index >= 15 is 0 Å². The summed E-state index contributed by atoms with van der Waals surface area (Å²) in [6.45, 7) is 6.20. The van der Waals surface area contributed by atoms with E-state index in [0.717, 1.165) is 24.5 Å². The van der Waals surface area contributed by atoms with Crippen LogP contribution in [0.3, 0.4) is 0 Å². The van der Waals surface area contributed by atoms with Crippen LogP contribution in [0, 0.1) is 5.92 Å². The first-order valence-corrected chi connectivity index (χ1v) is 7.18. The second-order valence-electron chi connectivity index (χ2n) is 5.03. The van der Waals surface area contributed by atoms with Crippen LogP contribution in [0.2, 0.25) is 0 Å². The molecular formula is C12H26N2OS. The minimum Gasteiger partial charge on any atom is -0.368 e. The fourth-order valence-electron chi connectivity index (χ4n) is 1.24. The van der Waals surface area contributed by atoms with Gasteiger partial charge in [0.15, 0.2) is 0 Å². The molecule has 0 aromatic heterocycles. The highest BCUT2D eigenvalue weighted by molar-refractivity contribution is 7.99. The summed E-state index contributed by atoms with van der Waals surface area (Å²) in [5.74, 6) is 2.77. The van der Waals surface area contributed by atoms with Crippen LogP contribution < -0.4 is 11.5 Å². The van der Waals surface area contributed by atoms with E-state index in [1.54, 1.807) is 6.92 Å². The first kappa shape index (κ1) is 15.8. The summed E-state index contributed by atoms with van der Waals surface area (Å²) >= 11 is 1.98. The van der Waals surface area contributed by atoms with Crippen molar-refractivity contribution in [3.8, 4) is 0 Å². The lowest BCUT2D eigenvalue weighted by Gasteiger charge is -2.19. The minimum absolute atomic E-state index is 0.403. The molecule has 0 aromatic rings. The molecule has 0 bridgehead atoms. The topological polar surface area (TPSA) is 69.1 Å². The van der Waals surface area contributed by atoms with Crippen molar-refractivity contribution in [3.63, 3.8) is 0 Å². The summed E-state index contributed by atoms with van der Waals surface area (Å²) in [7, 11) is 0. The van der Waals surface area contributed by atoms with E-state index in [0.29, 0.717) is 6.42 Å². The van der Waals surface area contributed by atoms with Gasteiger partial charge in [-0.05, 0) is 43.6 Å². The molecule has 4 N–H and O–H groups in total. The van der Waals surface area contributed by atoms with Crippen LogP contribution in [-0.4, -0.2) is 23.0 Å². The largest absolute Gasteiger partial charge is 0.368 e. The molecule has 1 atom stereocenters. The maximum Gasteiger partial charge on any atom is 0.237 e. The van der Waals surface area contributed by atoms with Gasteiger partial charge in [0.1, 0.15) is 0 Å². The van der Waals surface area contributed by atoms with E-state index in [1.807, 2.05) is 11.8 Å². The van der Waals surface area contributed by atoms with Crippen LogP contribution in [0.1, 0.15) is 46.5 Å². The number of nitrogens with two attached hydrogens (primary N) is 2. The molecule has 1 amide bonds. The zero-order valence-electron chi connectivity index (χ0n) is 10.8. The molecule has 0 saturated carbocycles. The van der Waals surface area contributed by atoms with Crippen molar-refractivity contribution in [1.29, 1.82) is 0 Å². The van der Waals surface area contributed by atoms with Crippen molar-refractivity contribution >= 4 is 17.7 Å². The standard InChI is InChI=1S/C12H26N2OS/c1-10(2)6-9-16-8-5-4-7-12(3,14)11(13)15/h10H,4-9,14H2,1-3H3,(H2,13,15). The van der Waals surface area contributed by atoms with Gasteiger partial charge in [0, 0.05) is 0 Å². The number of thioether (sulfide) groups is 1. The van der Waals surface area contributed by atoms with E-state index in [1.165, 1.54) is 12.2 Å². The summed E-state index contributed by atoms with van der Waals surface area (Å²) in [4.78, 5) is 11.0. The second kappa shape index (κ2) is 7.96. The molecular weight excluding hydrogens is 220 g/mol. The number of carbonyl (C=O) groups excluding carboxylic acids is 1. The molecule has 0 rings (SSSR count). The Morgan fingerprint density at radius 1 is 1.31 bits per heavy atom. The Morgan fingerprint density at radius 3 is 2.44 bits per heavy atom. The van der Waals surface area contributed by atoms with E-state index in [9.17, 15) is 4.79 Å². The Balaban J connectivity index is 3.37. The molecule has 0 heterocycles. The summed E-state index contributed by atoms with van der Waals surface area (Å²) in [6.07, 6.45) is 4.06. The van der Waals surface area contributed by atoms with Crippen LogP contribution in [0.25, 0.3) is 0 Å². The first-order valence-electron chi connectivity index (χ1n) is 6.03. The SMILES string of the molecule is CC(C)CCSCCCCC(C)(N)C(N)=O. The third-order valence-electron chi connectivity index (χ3n) is 2.64. The summed E-state index contributed by atoms with van der Waals surface area (Å²) in [5, 5.41) is 0. The summed E-state index contributed by atoms with van der Waals surface area (Å²) in [6, 6.07) is 0. The van der Waals surface area contributed by atoms with E-state index < -0.39 is 11.4 Å². The predicted molar refractivity (Wildman–Crippen MR) is 72.4 cm³/mol. The molecule has 4 heteroatoms. The quantitative estimate of drug-likeness (QED) is 0.612. The Kier molecular flexibility index (Phi) is 7.85. The Bertz CT molecular complexity index is 205. The highest BCUT2D eigenvalue weighted by atomic mass is 32.2. The molecule has 0 radical (unpaired) electrons. The number of amides is 1. The van der Waals surface area contributed by atoms with Crippen molar-refractivity contribution in [2.24, 2.45) is 17.4 Å². The highest BCUT2D eigenvalue weighted by Crippen LogP contribution is 2.14. The van der Waals surface area contributed by atoms with Crippen LogP contribution in [0.15, 0.2) is 0 Å². The average Bonchev–Trinajstić information content (AvgIpc) is 2.15. The number of hydrogen-bond donors (Lipinski definition) is 2. The lowest BCUT2D eigenvalue weighted by molar-refractivity contribution is -0.122. The van der Waals surface area contributed by atoms with Gasteiger partial charge in [-0.1, -0.05) is 20.3 Å². The monoisotopic (exact) mass is 246 g/mol. The molecule has 0 aromatic carbocycles. The maximum absolute atomic E-state index is 11.0. The lowest BCUT2D eigenvalue weighted by atomic mass is 9.96. The van der Waals surface area contributed by atoms with E-state index in [4.69, 9.17) is 11.5 Å². The molecule has 0 aliphatic carbocycles. The number of primary amides is 1. The maximum atomic E-state index is 11.0. The number of rotatable bonds is 9. The van der Waals surface area contributed by atoms with Crippen molar-refractivity contribution in [3.05, 3.63) is 0 Å². The number of hydrogen-bond acceptors (Lipinski definition) is 3. The third kappa shape index (κ3) is 7.99. The normalized spacial score (nSPS) is 15.1. The smallest absolute Gasteiger partial charge is 0.237 e. The zero-order chi connectivity index (χ0) is 12.6. The van der Waals surface area contributed by atoms with Crippen LogP contribution in [0.4, 0.5) is 0 Å². The number of carbonyl (C=O) groups is 1. The average molecular weight is 246 g/mol. The molecule has 3 nitrogen and oxygen atoms in total. The van der Waals surface area contributed by atoms with Crippen LogP contribution in [0.5, 0.6) is 0 Å². The lowest BCUT2D eigenvalue weighted by Crippen LogP contribution is -2.49. The van der Waals surface area contributed by atoms with Crippen molar-refractivity contribution in [2.45, 2.75) is 52.0 Å². The van der Waals surface area contributed by atoms with Gasteiger partial charge < -0.3 is 11.5 Å². The van der Waals surface area contributed by atoms with Gasteiger partial charge in [-0.25, -0.2) is 0 Å². The molecule has 16 heavy (non-hydrogen) atoms. The fraction of sp³-hybridized carbons (Fsp3) is 0.917. The molecule has 1 unspecified atom stereocenters. The molecule has 0 saturated heterocycles. The first-order chi connectivity index (χ1) is 7.36. The molecule has 0 aliphatic heterocycles. The predicted octanol–water partition coefficient (Wildman–Crippen LogP) is 2.14. The van der Waals surface area contributed by atoms with E-state index in [-0.39, 0.29) is 0 Å². The highest BCUT2D eigenvalue weighted by Gasteiger charge is 2.24. The van der Waals surface area contributed by atoms with Gasteiger partial charge in [-0.3, -0.25) is 4.79 Å². The zero-order valence-corrected chi connectivity index (χ0v) is 11.6. The van der Waals surface area contributed by atoms with Gasteiger partial charge in [0.25, 0.3) is 0 Å².